The lowest BCUT2D eigenvalue weighted by Crippen LogP contribution is -2.43. The Morgan fingerprint density at radius 3 is 2.42 bits per heavy atom. The quantitative estimate of drug-likeness (QED) is 0.591. The first-order chi connectivity index (χ1) is 14.9. The molecule has 1 aliphatic carbocycles. The molecule has 0 unspecified atom stereocenters. The molecule has 0 spiro atoms. The fraction of sp³-hybridized carbons (Fsp3) is 0.304. The highest BCUT2D eigenvalue weighted by Crippen LogP contribution is 2.39. The van der Waals surface area contributed by atoms with Crippen LogP contribution < -0.4 is 5.32 Å². The van der Waals surface area contributed by atoms with Gasteiger partial charge in [-0.05, 0) is 30.0 Å². The number of carboxylic acids is 1. The van der Waals surface area contributed by atoms with Crippen molar-refractivity contribution in [3.05, 3.63) is 65.2 Å². The first kappa shape index (κ1) is 20.6. The minimum atomic E-state index is -1.23. The molecule has 160 valence electrons. The molecule has 2 aromatic rings. The number of aromatic nitrogens is 1. The van der Waals surface area contributed by atoms with Gasteiger partial charge in [-0.15, -0.1) is 0 Å². The van der Waals surface area contributed by atoms with Crippen LogP contribution in [0.3, 0.4) is 0 Å². The summed E-state index contributed by atoms with van der Waals surface area (Å²) in [5, 5.41) is 20.8. The predicted octanol–water partition coefficient (Wildman–Crippen LogP) is 2.37. The Labute approximate surface area is 179 Å². The lowest BCUT2D eigenvalue weighted by Gasteiger charge is -2.28. The van der Waals surface area contributed by atoms with Crippen LogP contribution in [0.5, 0.6) is 0 Å². The molecule has 1 aromatic carbocycles. The minimum Gasteiger partial charge on any atom is -0.511 e. The van der Waals surface area contributed by atoms with Crippen LogP contribution in [0.2, 0.25) is 0 Å². The van der Waals surface area contributed by atoms with E-state index in [0.29, 0.717) is 5.92 Å². The zero-order valence-electron chi connectivity index (χ0n) is 16.9. The average molecular weight is 421 g/mol. The number of aliphatic carboxylic acids is 1. The Balaban J connectivity index is 1.42. The zero-order valence-corrected chi connectivity index (χ0v) is 16.9. The van der Waals surface area contributed by atoms with Gasteiger partial charge in [0, 0.05) is 42.9 Å². The molecule has 8 heteroatoms. The van der Waals surface area contributed by atoms with Crippen LogP contribution in [0.1, 0.15) is 36.4 Å². The average Bonchev–Trinajstić information content (AvgIpc) is 3.60. The highest BCUT2D eigenvalue weighted by molar-refractivity contribution is 6.19. The van der Waals surface area contributed by atoms with Crippen molar-refractivity contribution in [2.75, 3.05) is 13.1 Å². The van der Waals surface area contributed by atoms with Gasteiger partial charge in [0.25, 0.3) is 11.8 Å². The van der Waals surface area contributed by atoms with E-state index in [0.717, 1.165) is 22.4 Å². The highest BCUT2D eigenvalue weighted by atomic mass is 16.4. The number of hydrogen-bond acceptors (Lipinski definition) is 5. The summed E-state index contributed by atoms with van der Waals surface area (Å²) in [6.45, 7) is -0.0729. The standard InChI is InChI=1S/C23H23N3O5/c27-19-9-10-26(23(31)21(19)22(30)25-12-20(28)29)13-14-1-3-15(4-2-14)17-7-8-18(24-11-17)16-5-6-16/h1-4,7-8,11,16,27H,5-6,9-10,12-13H2,(H,25,30)(H,28,29). The van der Waals surface area contributed by atoms with Crippen molar-refractivity contribution in [2.45, 2.75) is 31.7 Å². The van der Waals surface area contributed by atoms with E-state index in [2.05, 4.69) is 22.4 Å². The van der Waals surface area contributed by atoms with E-state index in [1.807, 2.05) is 30.5 Å². The molecule has 1 saturated carbocycles. The van der Waals surface area contributed by atoms with Crippen LogP contribution in [0.15, 0.2) is 53.9 Å². The lowest BCUT2D eigenvalue weighted by atomic mass is 10.0. The van der Waals surface area contributed by atoms with Crippen molar-refractivity contribution >= 4 is 17.8 Å². The zero-order chi connectivity index (χ0) is 22.0. The molecule has 2 aliphatic rings. The van der Waals surface area contributed by atoms with Crippen molar-refractivity contribution in [2.24, 2.45) is 0 Å². The van der Waals surface area contributed by atoms with Crippen LogP contribution >= 0.6 is 0 Å². The number of aliphatic hydroxyl groups is 1. The van der Waals surface area contributed by atoms with Crippen LogP contribution in [-0.2, 0) is 20.9 Å². The molecule has 31 heavy (non-hydrogen) atoms. The summed E-state index contributed by atoms with van der Waals surface area (Å²) in [5.74, 6) is -2.43. The van der Waals surface area contributed by atoms with Crippen LogP contribution in [0.4, 0.5) is 0 Å². The Morgan fingerprint density at radius 2 is 1.81 bits per heavy atom. The summed E-state index contributed by atoms with van der Waals surface area (Å²) in [5.41, 5.74) is 3.67. The Morgan fingerprint density at radius 1 is 1.10 bits per heavy atom. The summed E-state index contributed by atoms with van der Waals surface area (Å²) in [4.78, 5) is 41.5. The second kappa shape index (κ2) is 8.59. The van der Waals surface area contributed by atoms with Gasteiger partial charge in [-0.3, -0.25) is 19.4 Å². The van der Waals surface area contributed by atoms with Gasteiger partial charge in [-0.1, -0.05) is 30.3 Å². The maximum Gasteiger partial charge on any atom is 0.322 e. The molecule has 3 N–H and O–H groups in total. The number of rotatable bonds is 7. The van der Waals surface area contributed by atoms with Gasteiger partial charge in [0.15, 0.2) is 0 Å². The second-order valence-electron chi connectivity index (χ2n) is 7.82. The van der Waals surface area contributed by atoms with E-state index in [1.165, 1.54) is 17.7 Å². The summed E-state index contributed by atoms with van der Waals surface area (Å²) in [6.07, 6.45) is 4.45. The number of benzene rings is 1. The fourth-order valence-electron chi connectivity index (χ4n) is 3.59. The number of pyridine rings is 1. The van der Waals surface area contributed by atoms with Gasteiger partial charge in [-0.2, -0.15) is 0 Å². The number of carbonyl (C=O) groups excluding carboxylic acids is 2. The smallest absolute Gasteiger partial charge is 0.322 e. The normalized spacial score (nSPS) is 16.4. The van der Waals surface area contributed by atoms with Gasteiger partial charge in [0.1, 0.15) is 17.9 Å². The molecule has 2 heterocycles. The number of carbonyl (C=O) groups is 3. The third-order valence-electron chi connectivity index (χ3n) is 5.48. The Hall–Kier alpha value is -3.68. The third-order valence-corrected chi connectivity index (χ3v) is 5.48. The van der Waals surface area contributed by atoms with Crippen LogP contribution in [-0.4, -0.2) is 51.0 Å². The van der Waals surface area contributed by atoms with Crippen molar-refractivity contribution in [1.82, 2.24) is 15.2 Å². The Kier molecular flexibility index (Phi) is 5.70. The maximum absolute atomic E-state index is 12.7. The molecule has 8 nitrogen and oxygen atoms in total. The Bertz CT molecular complexity index is 1040. The molecule has 4 rings (SSSR count). The summed E-state index contributed by atoms with van der Waals surface area (Å²) < 4.78 is 0. The molecule has 1 aromatic heterocycles. The number of nitrogens with one attached hydrogen (secondary N) is 1. The van der Waals surface area contributed by atoms with Gasteiger partial charge in [-0.25, -0.2) is 0 Å². The van der Waals surface area contributed by atoms with E-state index in [-0.39, 0.29) is 25.3 Å². The number of aliphatic hydroxyl groups excluding tert-OH is 1. The van der Waals surface area contributed by atoms with E-state index in [1.54, 1.807) is 0 Å². The van der Waals surface area contributed by atoms with Gasteiger partial charge in [0.05, 0.1) is 0 Å². The van der Waals surface area contributed by atoms with Crippen molar-refractivity contribution < 1.29 is 24.6 Å². The minimum absolute atomic E-state index is 0.138. The molecular formula is C23H23N3O5. The van der Waals surface area contributed by atoms with E-state index in [9.17, 15) is 19.5 Å². The highest BCUT2D eigenvalue weighted by Gasteiger charge is 2.32. The largest absolute Gasteiger partial charge is 0.511 e. The number of hydrogen-bond donors (Lipinski definition) is 3. The molecule has 0 bridgehead atoms. The number of carboxylic acid groups (broad SMARTS) is 1. The molecule has 0 atom stereocenters. The van der Waals surface area contributed by atoms with Crippen molar-refractivity contribution in [3.63, 3.8) is 0 Å². The summed E-state index contributed by atoms with van der Waals surface area (Å²) in [7, 11) is 0. The SMILES string of the molecule is O=C(O)CNC(=O)C1=C(O)CCN(Cc2ccc(-c3ccc(C4CC4)nc3)cc2)C1=O. The molecular weight excluding hydrogens is 398 g/mol. The van der Waals surface area contributed by atoms with E-state index >= 15 is 0 Å². The van der Waals surface area contributed by atoms with Gasteiger partial charge >= 0.3 is 5.97 Å². The molecule has 0 saturated heterocycles. The number of nitrogens with zero attached hydrogens (tertiary/aromatic N) is 2. The van der Waals surface area contributed by atoms with Crippen LogP contribution in [0, 0.1) is 0 Å². The second-order valence-corrected chi connectivity index (χ2v) is 7.82. The van der Waals surface area contributed by atoms with E-state index < -0.39 is 29.9 Å². The summed E-state index contributed by atoms with van der Waals surface area (Å²) in [6, 6.07) is 11.9. The molecule has 0 radical (unpaired) electrons. The summed E-state index contributed by atoms with van der Waals surface area (Å²) >= 11 is 0. The fourth-order valence-corrected chi connectivity index (χ4v) is 3.59. The third kappa shape index (κ3) is 4.74. The lowest BCUT2D eigenvalue weighted by molar-refractivity contribution is -0.138. The van der Waals surface area contributed by atoms with Crippen molar-refractivity contribution in [3.8, 4) is 11.1 Å². The van der Waals surface area contributed by atoms with Crippen LogP contribution in [0.25, 0.3) is 11.1 Å². The van der Waals surface area contributed by atoms with E-state index in [4.69, 9.17) is 5.11 Å². The first-order valence-electron chi connectivity index (χ1n) is 10.2. The predicted molar refractivity (Wildman–Crippen MR) is 112 cm³/mol. The monoisotopic (exact) mass is 421 g/mol. The van der Waals surface area contributed by atoms with Gasteiger partial charge < -0.3 is 20.4 Å². The topological polar surface area (TPSA) is 120 Å². The molecule has 1 fully saturated rings. The molecule has 1 aliphatic heterocycles. The van der Waals surface area contributed by atoms with Crippen molar-refractivity contribution in [1.29, 1.82) is 0 Å². The first-order valence-corrected chi connectivity index (χ1v) is 10.2. The molecule has 2 amide bonds. The number of amides is 2. The van der Waals surface area contributed by atoms with Gasteiger partial charge in [0.2, 0.25) is 0 Å². The maximum atomic E-state index is 12.7.